The van der Waals surface area contributed by atoms with E-state index in [1.807, 2.05) is 6.08 Å². The zero-order valence-electron chi connectivity index (χ0n) is 18.5. The summed E-state index contributed by atoms with van der Waals surface area (Å²) in [4.78, 5) is 7.50. The number of piperidine rings is 1. The highest BCUT2D eigenvalue weighted by Gasteiger charge is 2.27. The summed E-state index contributed by atoms with van der Waals surface area (Å²) in [6, 6.07) is 0. The standard InChI is InChI=1S/C26H44N2/c1-4-21(2)25-19-26(27-20-25)24-13-8-6-5-7-11-22(12-9-10-14-24)23-15-17-28(3)18-16-23/h4,22-25H,1-2,5-20H2,3H3. The van der Waals surface area contributed by atoms with Gasteiger partial charge >= 0.3 is 0 Å². The third kappa shape index (κ3) is 6.31. The summed E-state index contributed by atoms with van der Waals surface area (Å²) >= 11 is 0. The summed E-state index contributed by atoms with van der Waals surface area (Å²) in [5.74, 6) is 3.27. The molecule has 3 atom stereocenters. The molecule has 0 aromatic rings. The van der Waals surface area contributed by atoms with E-state index < -0.39 is 0 Å². The maximum atomic E-state index is 4.98. The van der Waals surface area contributed by atoms with Gasteiger partial charge in [-0.25, -0.2) is 0 Å². The summed E-state index contributed by atoms with van der Waals surface area (Å²) in [6.07, 6.45) is 20.2. The van der Waals surface area contributed by atoms with Gasteiger partial charge < -0.3 is 4.90 Å². The normalized spacial score (nSPS) is 32.2. The first-order chi connectivity index (χ1) is 13.7. The fourth-order valence-corrected chi connectivity index (χ4v) is 5.86. The topological polar surface area (TPSA) is 15.6 Å². The summed E-state index contributed by atoms with van der Waals surface area (Å²) in [5.41, 5.74) is 2.70. The van der Waals surface area contributed by atoms with Crippen molar-refractivity contribution in [2.24, 2.45) is 28.7 Å². The lowest BCUT2D eigenvalue weighted by atomic mass is 9.77. The molecule has 0 amide bonds. The Balaban J connectivity index is 1.51. The van der Waals surface area contributed by atoms with Gasteiger partial charge in [-0.15, -0.1) is 0 Å². The van der Waals surface area contributed by atoms with Crippen molar-refractivity contribution in [3.05, 3.63) is 24.8 Å². The lowest BCUT2D eigenvalue weighted by Crippen LogP contribution is -2.33. The van der Waals surface area contributed by atoms with Gasteiger partial charge in [0, 0.05) is 18.2 Å². The Morgan fingerprint density at radius 1 is 0.893 bits per heavy atom. The Kier molecular flexibility index (Phi) is 8.83. The number of hydrogen-bond acceptors (Lipinski definition) is 2. The molecule has 0 aromatic carbocycles. The fourth-order valence-electron chi connectivity index (χ4n) is 5.86. The predicted octanol–water partition coefficient (Wildman–Crippen LogP) is 6.68. The predicted molar refractivity (Wildman–Crippen MR) is 123 cm³/mol. The van der Waals surface area contributed by atoms with Crippen LogP contribution in [0.25, 0.3) is 0 Å². The van der Waals surface area contributed by atoms with Crippen LogP contribution in [0.2, 0.25) is 0 Å². The minimum Gasteiger partial charge on any atom is -0.306 e. The molecule has 2 fully saturated rings. The van der Waals surface area contributed by atoms with Gasteiger partial charge in [0.25, 0.3) is 0 Å². The van der Waals surface area contributed by atoms with Crippen molar-refractivity contribution in [3.8, 4) is 0 Å². The van der Waals surface area contributed by atoms with Crippen LogP contribution in [0.4, 0.5) is 0 Å². The van der Waals surface area contributed by atoms with E-state index in [0.717, 1.165) is 30.7 Å². The molecule has 0 aromatic heterocycles. The first-order valence-electron chi connectivity index (χ1n) is 12.2. The lowest BCUT2D eigenvalue weighted by Gasteiger charge is -2.35. The van der Waals surface area contributed by atoms with Crippen molar-refractivity contribution in [1.82, 2.24) is 4.90 Å². The fraction of sp³-hybridized carbons (Fsp3) is 0.808. The second-order valence-corrected chi connectivity index (χ2v) is 9.89. The Hall–Kier alpha value is -0.890. The molecular weight excluding hydrogens is 340 g/mol. The van der Waals surface area contributed by atoms with Gasteiger partial charge in [0.2, 0.25) is 0 Å². The molecule has 0 bridgehead atoms. The Labute approximate surface area is 174 Å². The van der Waals surface area contributed by atoms with Gasteiger partial charge in [-0.05, 0) is 70.0 Å². The SMILES string of the molecule is C=CC(=C)C1CN=C(C2CCCCCCC(C3CCN(C)CC3)CCCC2)C1. The Bertz CT molecular complexity index is 527. The molecule has 2 heteroatoms. The van der Waals surface area contributed by atoms with Crippen LogP contribution in [0.5, 0.6) is 0 Å². The zero-order valence-corrected chi connectivity index (χ0v) is 18.5. The summed E-state index contributed by atoms with van der Waals surface area (Å²) in [7, 11) is 2.29. The largest absolute Gasteiger partial charge is 0.306 e. The average molecular weight is 385 g/mol. The van der Waals surface area contributed by atoms with Crippen LogP contribution >= 0.6 is 0 Å². The van der Waals surface area contributed by atoms with Crippen LogP contribution in [0.3, 0.4) is 0 Å². The molecule has 2 heterocycles. The summed E-state index contributed by atoms with van der Waals surface area (Å²) in [6.45, 7) is 11.7. The molecule has 2 aliphatic heterocycles. The van der Waals surface area contributed by atoms with Gasteiger partial charge in [0.15, 0.2) is 0 Å². The van der Waals surface area contributed by atoms with Gasteiger partial charge in [-0.1, -0.05) is 76.2 Å². The monoisotopic (exact) mass is 384 g/mol. The third-order valence-electron chi connectivity index (χ3n) is 7.91. The molecule has 0 radical (unpaired) electrons. The van der Waals surface area contributed by atoms with E-state index in [0.29, 0.717) is 5.92 Å². The van der Waals surface area contributed by atoms with E-state index >= 15 is 0 Å². The van der Waals surface area contributed by atoms with Crippen molar-refractivity contribution in [2.45, 2.75) is 83.5 Å². The second-order valence-electron chi connectivity index (χ2n) is 9.89. The molecule has 0 N–H and O–H groups in total. The van der Waals surface area contributed by atoms with E-state index in [-0.39, 0.29) is 0 Å². The average Bonchev–Trinajstić information content (AvgIpc) is 3.19. The van der Waals surface area contributed by atoms with Crippen LogP contribution in [-0.4, -0.2) is 37.3 Å². The number of nitrogens with zero attached hydrogens (tertiary/aromatic N) is 2. The first kappa shape index (κ1) is 21.8. The molecular formula is C26H44N2. The lowest BCUT2D eigenvalue weighted by molar-refractivity contribution is 0.154. The molecule has 3 aliphatic rings. The molecule has 0 spiro atoms. The Morgan fingerprint density at radius 3 is 2.14 bits per heavy atom. The maximum absolute atomic E-state index is 4.98. The first-order valence-corrected chi connectivity index (χ1v) is 12.2. The highest BCUT2D eigenvalue weighted by molar-refractivity contribution is 5.88. The van der Waals surface area contributed by atoms with Crippen molar-refractivity contribution < 1.29 is 0 Å². The molecule has 1 aliphatic carbocycles. The number of aliphatic imine (C=N–C) groups is 1. The highest BCUT2D eigenvalue weighted by Crippen LogP contribution is 2.35. The molecule has 1 saturated heterocycles. The maximum Gasteiger partial charge on any atom is 0.0460 e. The zero-order chi connectivity index (χ0) is 19.8. The summed E-state index contributed by atoms with van der Waals surface area (Å²) in [5, 5.41) is 0. The van der Waals surface area contributed by atoms with Crippen LogP contribution in [0, 0.1) is 23.7 Å². The van der Waals surface area contributed by atoms with E-state index in [1.54, 1.807) is 0 Å². The molecule has 28 heavy (non-hydrogen) atoms. The quantitative estimate of drug-likeness (QED) is 0.494. The van der Waals surface area contributed by atoms with Crippen LogP contribution in [0.15, 0.2) is 29.8 Å². The van der Waals surface area contributed by atoms with Crippen molar-refractivity contribution in [3.63, 3.8) is 0 Å². The van der Waals surface area contributed by atoms with Crippen LogP contribution < -0.4 is 0 Å². The van der Waals surface area contributed by atoms with Crippen molar-refractivity contribution in [1.29, 1.82) is 0 Å². The second kappa shape index (κ2) is 11.3. The molecule has 3 rings (SSSR count). The Morgan fingerprint density at radius 2 is 1.46 bits per heavy atom. The minimum absolute atomic E-state index is 0.530. The van der Waals surface area contributed by atoms with Crippen LogP contribution in [-0.2, 0) is 0 Å². The van der Waals surface area contributed by atoms with Crippen molar-refractivity contribution in [2.75, 3.05) is 26.7 Å². The summed E-state index contributed by atoms with van der Waals surface area (Å²) < 4.78 is 0. The molecule has 1 saturated carbocycles. The number of allylic oxidation sites excluding steroid dienone is 1. The molecule has 158 valence electrons. The van der Waals surface area contributed by atoms with Gasteiger partial charge in [0.1, 0.15) is 0 Å². The third-order valence-corrected chi connectivity index (χ3v) is 7.91. The van der Waals surface area contributed by atoms with E-state index in [2.05, 4.69) is 25.1 Å². The molecule has 2 nitrogen and oxygen atoms in total. The van der Waals surface area contributed by atoms with Gasteiger partial charge in [0.05, 0.1) is 0 Å². The van der Waals surface area contributed by atoms with E-state index in [1.165, 1.54) is 101 Å². The highest BCUT2D eigenvalue weighted by atomic mass is 15.1. The van der Waals surface area contributed by atoms with Gasteiger partial charge in [-0.2, -0.15) is 0 Å². The minimum atomic E-state index is 0.530. The number of likely N-dealkylation sites (tertiary alicyclic amines) is 1. The van der Waals surface area contributed by atoms with E-state index in [9.17, 15) is 0 Å². The molecule has 3 unspecified atom stereocenters. The van der Waals surface area contributed by atoms with Crippen LogP contribution in [0.1, 0.15) is 83.5 Å². The smallest absolute Gasteiger partial charge is 0.0460 e. The number of hydrogen-bond donors (Lipinski definition) is 0. The van der Waals surface area contributed by atoms with Crippen molar-refractivity contribution >= 4 is 5.71 Å². The van der Waals surface area contributed by atoms with Gasteiger partial charge in [-0.3, -0.25) is 4.99 Å². The van der Waals surface area contributed by atoms with E-state index in [4.69, 9.17) is 4.99 Å². The number of rotatable bonds is 4.